The maximum absolute atomic E-state index is 8.72. The number of hydrogen-bond donors (Lipinski definition) is 1. The Morgan fingerprint density at radius 3 is 2.54 bits per heavy atom. The first-order chi connectivity index (χ1) is 6.36. The lowest BCUT2D eigenvalue weighted by Gasteiger charge is -2.25. The van der Waals surface area contributed by atoms with E-state index in [9.17, 15) is 0 Å². The first-order valence-electron chi connectivity index (χ1n) is 5.49. The van der Waals surface area contributed by atoms with E-state index in [-0.39, 0.29) is 0 Å². The first-order valence-corrected chi connectivity index (χ1v) is 5.49. The molecule has 0 unspecified atom stereocenters. The van der Waals surface area contributed by atoms with Crippen LogP contribution in [0, 0.1) is 17.2 Å². The summed E-state index contributed by atoms with van der Waals surface area (Å²) in [4.78, 5) is 0. The molecule has 0 amide bonds. The highest BCUT2D eigenvalue weighted by molar-refractivity contribution is 4.88. The summed E-state index contributed by atoms with van der Waals surface area (Å²) in [6, 6.07) is 3.05. The molecular weight excluding hydrogens is 160 g/mol. The fraction of sp³-hybridized carbons (Fsp3) is 0.909. The number of rotatable bonds is 4. The summed E-state index contributed by atoms with van der Waals surface area (Å²) >= 11 is 0. The fourth-order valence-corrected chi connectivity index (χ4v) is 1.91. The van der Waals surface area contributed by atoms with E-state index < -0.39 is 0 Å². The molecule has 1 aliphatic carbocycles. The summed E-state index contributed by atoms with van der Waals surface area (Å²) < 4.78 is 0. The van der Waals surface area contributed by atoms with E-state index in [4.69, 9.17) is 5.26 Å². The van der Waals surface area contributed by atoms with E-state index in [1.165, 1.54) is 25.7 Å². The monoisotopic (exact) mass is 180 g/mol. The molecule has 2 nitrogen and oxygen atoms in total. The molecule has 0 spiro atoms. The summed E-state index contributed by atoms with van der Waals surface area (Å²) in [5.41, 5.74) is 0. The lowest BCUT2D eigenvalue weighted by molar-refractivity contribution is 0.331. The van der Waals surface area contributed by atoms with Crippen LogP contribution in [0.25, 0.3) is 0 Å². The van der Waals surface area contributed by atoms with Gasteiger partial charge in [0.15, 0.2) is 0 Å². The highest BCUT2D eigenvalue weighted by atomic mass is 14.9. The van der Waals surface area contributed by atoms with Crippen LogP contribution in [-0.2, 0) is 0 Å². The number of unbranched alkanes of at least 4 members (excludes halogenated alkanes) is 1. The predicted octanol–water partition coefficient (Wildman–Crippen LogP) is 2.46. The topological polar surface area (TPSA) is 35.8 Å². The second-order valence-corrected chi connectivity index (χ2v) is 3.99. The van der Waals surface area contributed by atoms with Crippen molar-refractivity contribution in [1.82, 2.24) is 5.32 Å². The molecule has 2 heteroatoms. The highest BCUT2D eigenvalue weighted by Crippen LogP contribution is 2.23. The lowest BCUT2D eigenvalue weighted by Crippen LogP contribution is -2.33. The third-order valence-electron chi connectivity index (χ3n) is 2.87. The number of nitriles is 1. The van der Waals surface area contributed by atoms with Crippen molar-refractivity contribution in [2.24, 2.45) is 5.92 Å². The Morgan fingerprint density at radius 1 is 1.31 bits per heavy atom. The Balaban J connectivity index is 2.08. The Hall–Kier alpha value is -0.550. The van der Waals surface area contributed by atoms with Crippen LogP contribution in [0.4, 0.5) is 0 Å². The summed E-state index contributed by atoms with van der Waals surface area (Å²) in [5.74, 6) is 0.337. The Labute approximate surface area is 81.3 Å². The van der Waals surface area contributed by atoms with Gasteiger partial charge in [-0.05, 0) is 38.6 Å². The molecule has 1 rings (SSSR count). The molecule has 0 aliphatic heterocycles. The molecule has 13 heavy (non-hydrogen) atoms. The maximum Gasteiger partial charge on any atom is 0.0655 e. The van der Waals surface area contributed by atoms with E-state index in [0.29, 0.717) is 12.0 Å². The van der Waals surface area contributed by atoms with E-state index in [2.05, 4.69) is 18.3 Å². The van der Waals surface area contributed by atoms with Crippen LogP contribution in [0.15, 0.2) is 0 Å². The van der Waals surface area contributed by atoms with Gasteiger partial charge in [-0.15, -0.1) is 0 Å². The van der Waals surface area contributed by atoms with Crippen LogP contribution in [-0.4, -0.2) is 12.6 Å². The van der Waals surface area contributed by atoms with E-state index in [0.717, 1.165) is 19.4 Å². The molecule has 0 bridgehead atoms. The molecule has 1 N–H and O–H groups in total. The number of hydrogen-bond acceptors (Lipinski definition) is 2. The van der Waals surface area contributed by atoms with Gasteiger partial charge in [-0.25, -0.2) is 0 Å². The summed E-state index contributed by atoms with van der Waals surface area (Å²) in [6.07, 6.45) is 7.13. The van der Waals surface area contributed by atoms with Crippen molar-refractivity contribution in [3.05, 3.63) is 0 Å². The van der Waals surface area contributed by atoms with Gasteiger partial charge in [-0.2, -0.15) is 5.26 Å². The third-order valence-corrected chi connectivity index (χ3v) is 2.87. The Morgan fingerprint density at radius 2 is 2.00 bits per heavy atom. The molecule has 0 radical (unpaired) electrons. The normalized spacial score (nSPS) is 28.3. The quantitative estimate of drug-likeness (QED) is 0.675. The number of nitrogens with one attached hydrogen (secondary N) is 1. The van der Waals surface area contributed by atoms with Crippen molar-refractivity contribution in [2.75, 3.05) is 6.54 Å². The van der Waals surface area contributed by atoms with E-state index in [1.54, 1.807) is 0 Å². The molecule has 0 heterocycles. The second kappa shape index (κ2) is 5.99. The number of nitrogens with zero attached hydrogens (tertiary/aromatic N) is 1. The molecule has 1 aliphatic rings. The zero-order valence-electron chi connectivity index (χ0n) is 8.55. The molecule has 1 saturated carbocycles. The predicted molar refractivity (Wildman–Crippen MR) is 54.3 cm³/mol. The van der Waals surface area contributed by atoms with Gasteiger partial charge >= 0.3 is 0 Å². The van der Waals surface area contributed by atoms with Crippen molar-refractivity contribution in [3.63, 3.8) is 0 Å². The minimum atomic E-state index is 0.337. The van der Waals surface area contributed by atoms with Crippen LogP contribution < -0.4 is 5.32 Å². The lowest BCUT2D eigenvalue weighted by atomic mass is 9.87. The Kier molecular flexibility index (Phi) is 4.85. The van der Waals surface area contributed by atoms with E-state index in [1.807, 2.05) is 0 Å². The average Bonchev–Trinajstić information content (AvgIpc) is 2.19. The van der Waals surface area contributed by atoms with Gasteiger partial charge < -0.3 is 5.32 Å². The van der Waals surface area contributed by atoms with Gasteiger partial charge in [-0.1, -0.05) is 13.3 Å². The fourth-order valence-electron chi connectivity index (χ4n) is 1.91. The SMILES string of the molecule is CCCCNC1CCC(C#N)CC1. The maximum atomic E-state index is 8.72. The van der Waals surface area contributed by atoms with Crippen molar-refractivity contribution >= 4 is 0 Å². The smallest absolute Gasteiger partial charge is 0.0655 e. The van der Waals surface area contributed by atoms with Crippen LogP contribution in [0.3, 0.4) is 0 Å². The largest absolute Gasteiger partial charge is 0.314 e. The van der Waals surface area contributed by atoms with Crippen LogP contribution in [0.2, 0.25) is 0 Å². The van der Waals surface area contributed by atoms with Gasteiger partial charge in [0.2, 0.25) is 0 Å². The van der Waals surface area contributed by atoms with Gasteiger partial charge in [-0.3, -0.25) is 0 Å². The van der Waals surface area contributed by atoms with Crippen LogP contribution in [0.5, 0.6) is 0 Å². The minimum Gasteiger partial charge on any atom is -0.314 e. The Bertz CT molecular complexity index is 163. The standard InChI is InChI=1S/C11H20N2/c1-2-3-8-13-11-6-4-10(9-12)5-7-11/h10-11,13H,2-8H2,1H3. The molecule has 0 saturated heterocycles. The van der Waals surface area contributed by atoms with Gasteiger partial charge in [0.25, 0.3) is 0 Å². The summed E-state index contributed by atoms with van der Waals surface area (Å²) in [6.45, 7) is 3.37. The molecule has 1 fully saturated rings. The minimum absolute atomic E-state index is 0.337. The van der Waals surface area contributed by atoms with Crippen LogP contribution >= 0.6 is 0 Å². The molecule has 0 aromatic carbocycles. The summed E-state index contributed by atoms with van der Waals surface area (Å²) in [7, 11) is 0. The highest BCUT2D eigenvalue weighted by Gasteiger charge is 2.19. The van der Waals surface area contributed by atoms with Gasteiger partial charge in [0.05, 0.1) is 6.07 Å². The molecule has 0 atom stereocenters. The van der Waals surface area contributed by atoms with Crippen molar-refractivity contribution in [1.29, 1.82) is 5.26 Å². The first kappa shape index (κ1) is 10.5. The molecule has 0 aromatic rings. The average molecular weight is 180 g/mol. The summed E-state index contributed by atoms with van der Waals surface area (Å²) in [5, 5.41) is 12.3. The van der Waals surface area contributed by atoms with Crippen molar-refractivity contribution in [2.45, 2.75) is 51.5 Å². The van der Waals surface area contributed by atoms with E-state index >= 15 is 0 Å². The van der Waals surface area contributed by atoms with Crippen molar-refractivity contribution in [3.8, 4) is 6.07 Å². The molecular formula is C11H20N2. The van der Waals surface area contributed by atoms with Gasteiger partial charge in [0, 0.05) is 12.0 Å². The van der Waals surface area contributed by atoms with Gasteiger partial charge in [0.1, 0.15) is 0 Å². The molecule has 0 aromatic heterocycles. The molecule has 74 valence electrons. The van der Waals surface area contributed by atoms with Crippen molar-refractivity contribution < 1.29 is 0 Å². The third kappa shape index (κ3) is 3.78. The second-order valence-electron chi connectivity index (χ2n) is 3.99. The van der Waals surface area contributed by atoms with Crippen LogP contribution in [0.1, 0.15) is 45.4 Å². The zero-order chi connectivity index (χ0) is 9.52. The zero-order valence-corrected chi connectivity index (χ0v) is 8.55.